The zero-order valence-electron chi connectivity index (χ0n) is 16.7. The Hall–Kier alpha value is -1.96. The van der Waals surface area contributed by atoms with Crippen LogP contribution < -0.4 is 0 Å². The molecule has 1 heterocycles. The highest BCUT2D eigenvalue weighted by molar-refractivity contribution is 7.99. The summed E-state index contributed by atoms with van der Waals surface area (Å²) in [6.07, 6.45) is 10.3. The van der Waals surface area contributed by atoms with Gasteiger partial charge in [-0.2, -0.15) is 0 Å². The van der Waals surface area contributed by atoms with Crippen LogP contribution in [0.15, 0.2) is 29.4 Å². The smallest absolute Gasteiger partial charge is 0.233 e. The topological polar surface area (TPSA) is 63.9 Å². The highest BCUT2D eigenvalue weighted by Gasteiger charge is 2.27. The number of benzene rings is 1. The van der Waals surface area contributed by atoms with Gasteiger partial charge < -0.3 is 4.90 Å². The number of carbonyl (C=O) groups is 1. The van der Waals surface area contributed by atoms with Crippen LogP contribution in [0.3, 0.4) is 0 Å². The lowest BCUT2D eigenvalue weighted by atomic mass is 9.94. The van der Waals surface area contributed by atoms with Crippen molar-refractivity contribution < 1.29 is 9.18 Å². The molecule has 1 aromatic heterocycles. The van der Waals surface area contributed by atoms with Gasteiger partial charge in [0, 0.05) is 12.6 Å². The molecule has 0 aliphatic heterocycles. The fourth-order valence-corrected chi connectivity index (χ4v) is 5.30. The van der Waals surface area contributed by atoms with Crippen LogP contribution in [-0.2, 0) is 11.3 Å². The number of rotatable bonds is 7. The molecule has 2 aliphatic rings. The molecule has 0 radical (unpaired) electrons. The standard InChI is InChI=1S/C21H28FN5OS/c22-17-12-10-16(11-13-17)14-26(18-6-2-1-3-7-18)20(28)15-29-21-23-24-25-27(21)19-8-4-5-9-19/h10-13,18-19H,1-9,14-15H2. The molecule has 0 bridgehead atoms. The van der Waals surface area contributed by atoms with Crippen molar-refractivity contribution in [1.29, 1.82) is 0 Å². The monoisotopic (exact) mass is 417 g/mol. The molecule has 29 heavy (non-hydrogen) atoms. The number of halogens is 1. The Balaban J connectivity index is 1.43. The molecule has 0 N–H and O–H groups in total. The summed E-state index contributed by atoms with van der Waals surface area (Å²) in [5.74, 6) is 0.177. The zero-order chi connectivity index (χ0) is 20.1. The summed E-state index contributed by atoms with van der Waals surface area (Å²) in [6.45, 7) is 0.526. The van der Waals surface area contributed by atoms with E-state index in [1.165, 1.54) is 43.2 Å². The first kappa shape index (κ1) is 20.3. The molecule has 8 heteroatoms. The van der Waals surface area contributed by atoms with Gasteiger partial charge in [-0.25, -0.2) is 9.07 Å². The maximum absolute atomic E-state index is 13.3. The zero-order valence-corrected chi connectivity index (χ0v) is 17.5. The first-order valence-corrected chi connectivity index (χ1v) is 11.6. The number of thioether (sulfide) groups is 1. The minimum atomic E-state index is -0.251. The Morgan fingerprint density at radius 3 is 2.48 bits per heavy atom. The molecular weight excluding hydrogens is 389 g/mol. The van der Waals surface area contributed by atoms with Gasteiger partial charge >= 0.3 is 0 Å². The Kier molecular flexibility index (Phi) is 6.79. The van der Waals surface area contributed by atoms with Crippen LogP contribution in [0.25, 0.3) is 0 Å². The maximum atomic E-state index is 13.3. The summed E-state index contributed by atoms with van der Waals surface area (Å²) in [6, 6.07) is 7.08. The van der Waals surface area contributed by atoms with E-state index in [4.69, 9.17) is 0 Å². The Bertz CT molecular complexity index is 800. The number of carbonyl (C=O) groups excluding carboxylic acids is 1. The molecule has 0 saturated heterocycles. The van der Waals surface area contributed by atoms with Gasteiger partial charge in [0.15, 0.2) is 0 Å². The van der Waals surface area contributed by atoms with E-state index in [2.05, 4.69) is 15.5 Å². The lowest BCUT2D eigenvalue weighted by Crippen LogP contribution is -2.42. The summed E-state index contributed by atoms with van der Waals surface area (Å²) in [5.41, 5.74) is 0.964. The summed E-state index contributed by atoms with van der Waals surface area (Å²) in [5, 5.41) is 12.9. The molecular formula is C21H28FN5OS. The highest BCUT2D eigenvalue weighted by Crippen LogP contribution is 2.32. The summed E-state index contributed by atoms with van der Waals surface area (Å²) in [7, 11) is 0. The lowest BCUT2D eigenvalue weighted by Gasteiger charge is -2.34. The number of amides is 1. The summed E-state index contributed by atoms with van der Waals surface area (Å²) >= 11 is 1.43. The van der Waals surface area contributed by atoms with E-state index in [-0.39, 0.29) is 17.8 Å². The van der Waals surface area contributed by atoms with Crippen molar-refractivity contribution in [2.24, 2.45) is 0 Å². The predicted molar refractivity (Wildman–Crippen MR) is 110 cm³/mol. The molecule has 6 nitrogen and oxygen atoms in total. The molecule has 2 fully saturated rings. The fraction of sp³-hybridized carbons (Fsp3) is 0.619. The van der Waals surface area contributed by atoms with E-state index in [1.807, 2.05) is 9.58 Å². The summed E-state index contributed by atoms with van der Waals surface area (Å²) in [4.78, 5) is 15.2. The Morgan fingerprint density at radius 2 is 1.76 bits per heavy atom. The molecule has 156 valence electrons. The predicted octanol–water partition coefficient (Wildman–Crippen LogP) is 4.38. The molecule has 0 unspecified atom stereocenters. The largest absolute Gasteiger partial charge is 0.335 e. The summed E-state index contributed by atoms with van der Waals surface area (Å²) < 4.78 is 15.2. The van der Waals surface area contributed by atoms with Crippen LogP contribution >= 0.6 is 11.8 Å². The molecule has 1 aromatic carbocycles. The number of hydrogen-bond acceptors (Lipinski definition) is 5. The van der Waals surface area contributed by atoms with Crippen LogP contribution in [-0.4, -0.2) is 42.8 Å². The van der Waals surface area contributed by atoms with Gasteiger partial charge in [0.1, 0.15) is 5.82 Å². The Morgan fingerprint density at radius 1 is 1.07 bits per heavy atom. The van der Waals surface area contributed by atoms with Crippen LogP contribution in [0.2, 0.25) is 0 Å². The molecule has 0 spiro atoms. The number of tetrazole rings is 1. The Labute approximate surface area is 175 Å². The number of aromatic nitrogens is 4. The van der Waals surface area contributed by atoms with Crippen molar-refractivity contribution in [3.63, 3.8) is 0 Å². The van der Waals surface area contributed by atoms with E-state index < -0.39 is 0 Å². The van der Waals surface area contributed by atoms with Crippen molar-refractivity contribution in [1.82, 2.24) is 25.1 Å². The normalized spacial score (nSPS) is 18.2. The molecule has 2 aliphatic carbocycles. The van der Waals surface area contributed by atoms with Gasteiger partial charge in [0.2, 0.25) is 11.1 Å². The minimum Gasteiger partial charge on any atom is -0.335 e. The van der Waals surface area contributed by atoms with Gasteiger partial charge in [-0.1, -0.05) is 56.0 Å². The molecule has 4 rings (SSSR count). The second-order valence-corrected chi connectivity index (χ2v) is 9.02. The van der Waals surface area contributed by atoms with E-state index in [1.54, 1.807) is 12.1 Å². The highest BCUT2D eigenvalue weighted by atomic mass is 32.2. The molecule has 2 aromatic rings. The molecule has 0 atom stereocenters. The van der Waals surface area contributed by atoms with Crippen molar-refractivity contribution >= 4 is 17.7 Å². The van der Waals surface area contributed by atoms with Crippen molar-refractivity contribution in [2.75, 3.05) is 5.75 Å². The average molecular weight is 418 g/mol. The third-order valence-electron chi connectivity index (χ3n) is 6.06. The number of hydrogen-bond donors (Lipinski definition) is 0. The van der Waals surface area contributed by atoms with Crippen LogP contribution in [0.5, 0.6) is 0 Å². The van der Waals surface area contributed by atoms with E-state index in [0.29, 0.717) is 18.3 Å². The first-order chi connectivity index (χ1) is 14.2. The van der Waals surface area contributed by atoms with E-state index in [9.17, 15) is 9.18 Å². The van der Waals surface area contributed by atoms with Crippen LogP contribution in [0, 0.1) is 5.82 Å². The second kappa shape index (κ2) is 9.69. The van der Waals surface area contributed by atoms with Gasteiger partial charge in [-0.3, -0.25) is 4.79 Å². The average Bonchev–Trinajstić information content (AvgIpc) is 3.43. The quantitative estimate of drug-likeness (QED) is 0.626. The minimum absolute atomic E-state index is 0.104. The first-order valence-electron chi connectivity index (χ1n) is 10.7. The lowest BCUT2D eigenvalue weighted by molar-refractivity contribution is -0.132. The van der Waals surface area contributed by atoms with Crippen LogP contribution in [0.1, 0.15) is 69.4 Å². The van der Waals surface area contributed by atoms with Gasteiger partial charge in [0.25, 0.3) is 0 Å². The SMILES string of the molecule is O=C(CSc1nnnn1C1CCCC1)N(Cc1ccc(F)cc1)C1CCCCC1. The van der Waals surface area contributed by atoms with Gasteiger partial charge in [-0.05, 0) is 53.8 Å². The fourth-order valence-electron chi connectivity index (χ4n) is 4.47. The maximum Gasteiger partial charge on any atom is 0.233 e. The van der Waals surface area contributed by atoms with Crippen molar-refractivity contribution in [2.45, 2.75) is 81.6 Å². The third kappa shape index (κ3) is 5.15. The molecule has 1 amide bonds. The second-order valence-electron chi connectivity index (χ2n) is 8.07. The van der Waals surface area contributed by atoms with Gasteiger partial charge in [-0.15, -0.1) is 5.10 Å². The molecule has 2 saturated carbocycles. The van der Waals surface area contributed by atoms with Gasteiger partial charge in [0.05, 0.1) is 11.8 Å². The van der Waals surface area contributed by atoms with E-state index >= 15 is 0 Å². The third-order valence-corrected chi connectivity index (χ3v) is 6.98. The van der Waals surface area contributed by atoms with Crippen LogP contribution in [0.4, 0.5) is 4.39 Å². The van der Waals surface area contributed by atoms with E-state index in [0.717, 1.165) is 49.2 Å². The van der Waals surface area contributed by atoms with Crippen molar-refractivity contribution in [3.05, 3.63) is 35.6 Å². The van der Waals surface area contributed by atoms with Crippen molar-refractivity contribution in [3.8, 4) is 0 Å². The number of nitrogens with zero attached hydrogens (tertiary/aromatic N) is 5.